The normalized spacial score (nSPS) is 16.1. The van der Waals surface area contributed by atoms with E-state index in [1.807, 2.05) is 24.3 Å². The van der Waals surface area contributed by atoms with Gasteiger partial charge in [0.2, 0.25) is 5.91 Å². The number of carbonyl (C=O) groups is 1. The van der Waals surface area contributed by atoms with Gasteiger partial charge in [0.1, 0.15) is 11.6 Å². The molecule has 1 amide bonds. The molecule has 1 atom stereocenters. The predicted octanol–water partition coefficient (Wildman–Crippen LogP) is 3.21. The van der Waals surface area contributed by atoms with E-state index in [0.29, 0.717) is 49.1 Å². The van der Waals surface area contributed by atoms with E-state index < -0.39 is 0 Å². The molecule has 35 heavy (non-hydrogen) atoms. The van der Waals surface area contributed by atoms with Crippen molar-refractivity contribution in [3.63, 3.8) is 0 Å². The van der Waals surface area contributed by atoms with Crippen molar-refractivity contribution in [2.75, 3.05) is 25.0 Å². The van der Waals surface area contributed by atoms with Gasteiger partial charge in [-0.1, -0.05) is 29.8 Å². The molecule has 1 unspecified atom stereocenters. The van der Waals surface area contributed by atoms with Gasteiger partial charge in [0.15, 0.2) is 11.5 Å². The number of nitrogens with zero attached hydrogens (tertiary/aromatic N) is 5. The van der Waals surface area contributed by atoms with Gasteiger partial charge in [-0.15, -0.1) is 15.3 Å². The summed E-state index contributed by atoms with van der Waals surface area (Å²) >= 11 is 0. The number of carbonyl (C=O) groups excluding carboxylic acids is 1. The molecule has 9 nitrogen and oxygen atoms in total. The van der Waals surface area contributed by atoms with Gasteiger partial charge < -0.3 is 15.1 Å². The lowest BCUT2D eigenvalue weighted by Crippen LogP contribution is -2.31. The molecule has 1 fully saturated rings. The summed E-state index contributed by atoms with van der Waals surface area (Å²) in [6.07, 6.45) is 3.58. The summed E-state index contributed by atoms with van der Waals surface area (Å²) in [5.41, 5.74) is 3.28. The van der Waals surface area contributed by atoms with Crippen LogP contribution in [-0.4, -0.2) is 50.3 Å². The number of hydrogen-bond acceptors (Lipinski definition) is 7. The molecule has 9 heteroatoms. The number of rotatable bonds is 10. The van der Waals surface area contributed by atoms with Crippen LogP contribution in [-0.2, 0) is 24.3 Å². The number of amides is 1. The Bertz CT molecular complexity index is 1250. The van der Waals surface area contributed by atoms with Gasteiger partial charge in [-0.3, -0.25) is 9.69 Å². The summed E-state index contributed by atoms with van der Waals surface area (Å²) < 4.78 is 7.04. The fourth-order valence-corrected chi connectivity index (χ4v) is 4.42. The third kappa shape index (κ3) is 6.05. The van der Waals surface area contributed by atoms with Gasteiger partial charge in [-0.25, -0.2) is 0 Å². The number of likely N-dealkylation sites (tertiary alicyclic amines) is 1. The van der Waals surface area contributed by atoms with Crippen LogP contribution in [0.15, 0.2) is 59.2 Å². The van der Waals surface area contributed by atoms with Crippen LogP contribution in [0.25, 0.3) is 5.65 Å². The van der Waals surface area contributed by atoms with E-state index in [4.69, 9.17) is 4.42 Å². The molecule has 4 heterocycles. The zero-order chi connectivity index (χ0) is 24.0. The van der Waals surface area contributed by atoms with Crippen LogP contribution in [0.2, 0.25) is 0 Å². The molecule has 182 valence electrons. The molecule has 0 bridgehead atoms. The molecule has 4 aromatic rings. The first-order valence-electron chi connectivity index (χ1n) is 12.1. The van der Waals surface area contributed by atoms with Gasteiger partial charge in [0, 0.05) is 32.5 Å². The molecule has 5 rings (SSSR count). The van der Waals surface area contributed by atoms with Crippen LogP contribution in [0.5, 0.6) is 0 Å². The molecule has 3 aromatic heterocycles. The zero-order valence-electron chi connectivity index (χ0n) is 20.0. The molecule has 1 aromatic carbocycles. The first-order chi connectivity index (χ1) is 17.1. The van der Waals surface area contributed by atoms with Crippen molar-refractivity contribution in [1.29, 1.82) is 0 Å². The summed E-state index contributed by atoms with van der Waals surface area (Å²) in [6.45, 7) is 6.41. The first kappa shape index (κ1) is 23.0. The van der Waals surface area contributed by atoms with Gasteiger partial charge in [0.25, 0.3) is 0 Å². The molecule has 0 spiro atoms. The van der Waals surface area contributed by atoms with Crippen LogP contribution in [0.3, 0.4) is 0 Å². The molecule has 0 saturated carbocycles. The third-order valence-corrected chi connectivity index (χ3v) is 6.41. The number of fused-ring (bicyclic) bond motifs is 1. The van der Waals surface area contributed by atoms with Gasteiger partial charge in [0.05, 0.1) is 12.8 Å². The minimum absolute atomic E-state index is 0.0332. The standard InChI is InChI=1S/C26H31N7O2/c1-19-4-6-20(7-5-19)17-32-13-12-21(18-32)15-28-26(34)11-10-25-30-29-24-9-8-23(31-33(24)25)27-16-22-3-2-14-35-22/h2-9,14,21H,10-13,15-18H2,1H3,(H,27,31)(H,28,34). The van der Waals surface area contributed by atoms with Crippen molar-refractivity contribution in [2.45, 2.75) is 39.3 Å². The fraction of sp³-hybridized carbons (Fsp3) is 0.385. The topological polar surface area (TPSA) is 101 Å². The molecule has 0 aliphatic carbocycles. The Morgan fingerprint density at radius 2 is 2.03 bits per heavy atom. The van der Waals surface area contributed by atoms with Crippen molar-refractivity contribution in [2.24, 2.45) is 5.92 Å². The van der Waals surface area contributed by atoms with Crippen molar-refractivity contribution in [1.82, 2.24) is 30.0 Å². The van der Waals surface area contributed by atoms with E-state index >= 15 is 0 Å². The summed E-state index contributed by atoms with van der Waals surface area (Å²) in [5.74, 6) is 2.71. The second-order valence-corrected chi connectivity index (χ2v) is 9.22. The number of nitrogens with one attached hydrogen (secondary N) is 2. The van der Waals surface area contributed by atoms with E-state index in [-0.39, 0.29) is 5.91 Å². The molecule has 1 aliphatic rings. The lowest BCUT2D eigenvalue weighted by molar-refractivity contribution is -0.121. The minimum Gasteiger partial charge on any atom is -0.467 e. The molecule has 0 radical (unpaired) electrons. The number of anilines is 1. The number of furan rings is 1. The van der Waals surface area contributed by atoms with E-state index in [9.17, 15) is 4.79 Å². The predicted molar refractivity (Wildman–Crippen MR) is 133 cm³/mol. The quantitative estimate of drug-likeness (QED) is 0.365. The highest BCUT2D eigenvalue weighted by Gasteiger charge is 2.23. The third-order valence-electron chi connectivity index (χ3n) is 6.41. The minimum atomic E-state index is 0.0332. The Kier molecular flexibility index (Phi) is 7.04. The highest BCUT2D eigenvalue weighted by molar-refractivity contribution is 5.76. The maximum atomic E-state index is 12.5. The van der Waals surface area contributed by atoms with E-state index in [1.54, 1.807) is 10.8 Å². The van der Waals surface area contributed by atoms with Crippen LogP contribution in [0.4, 0.5) is 5.82 Å². The Balaban J connectivity index is 1.07. The Morgan fingerprint density at radius 1 is 1.14 bits per heavy atom. The van der Waals surface area contributed by atoms with Gasteiger partial charge >= 0.3 is 0 Å². The molecule has 1 aliphatic heterocycles. The molecule has 2 N–H and O–H groups in total. The summed E-state index contributed by atoms with van der Waals surface area (Å²) in [7, 11) is 0. The second kappa shape index (κ2) is 10.7. The summed E-state index contributed by atoms with van der Waals surface area (Å²) in [5, 5.41) is 19.3. The van der Waals surface area contributed by atoms with Gasteiger partial charge in [-0.2, -0.15) is 4.52 Å². The van der Waals surface area contributed by atoms with Crippen LogP contribution in [0, 0.1) is 12.8 Å². The fourth-order valence-electron chi connectivity index (χ4n) is 4.42. The monoisotopic (exact) mass is 473 g/mol. The van der Waals surface area contributed by atoms with Crippen molar-refractivity contribution in [3.05, 3.63) is 77.5 Å². The molecular formula is C26H31N7O2. The van der Waals surface area contributed by atoms with Crippen LogP contribution in [0.1, 0.15) is 35.6 Å². The van der Waals surface area contributed by atoms with E-state index in [2.05, 4.69) is 62.0 Å². The highest BCUT2D eigenvalue weighted by atomic mass is 16.3. The summed E-state index contributed by atoms with van der Waals surface area (Å²) in [4.78, 5) is 15.0. The molecular weight excluding hydrogens is 442 g/mol. The maximum absolute atomic E-state index is 12.5. The van der Waals surface area contributed by atoms with Crippen LogP contribution >= 0.6 is 0 Å². The average molecular weight is 474 g/mol. The lowest BCUT2D eigenvalue weighted by Gasteiger charge is -2.16. The van der Waals surface area contributed by atoms with Crippen molar-refractivity contribution < 1.29 is 9.21 Å². The van der Waals surface area contributed by atoms with Crippen molar-refractivity contribution in [3.8, 4) is 0 Å². The summed E-state index contributed by atoms with van der Waals surface area (Å²) in [6, 6.07) is 16.2. The van der Waals surface area contributed by atoms with E-state index in [0.717, 1.165) is 31.8 Å². The second-order valence-electron chi connectivity index (χ2n) is 9.22. The number of hydrogen-bond donors (Lipinski definition) is 2. The molecule has 1 saturated heterocycles. The largest absolute Gasteiger partial charge is 0.467 e. The average Bonchev–Trinajstić information content (AvgIpc) is 3.63. The number of aryl methyl sites for hydroxylation is 2. The number of benzene rings is 1. The first-order valence-corrected chi connectivity index (χ1v) is 12.1. The SMILES string of the molecule is Cc1ccc(CN2CCC(CNC(=O)CCc3nnc4ccc(NCc5ccco5)nn34)C2)cc1. The van der Waals surface area contributed by atoms with E-state index in [1.165, 1.54) is 11.1 Å². The smallest absolute Gasteiger partial charge is 0.220 e. The lowest BCUT2D eigenvalue weighted by atomic mass is 10.1. The zero-order valence-corrected chi connectivity index (χ0v) is 20.0. The van der Waals surface area contributed by atoms with Crippen molar-refractivity contribution >= 4 is 17.4 Å². The Labute approximate surface area is 204 Å². The Morgan fingerprint density at radius 3 is 2.86 bits per heavy atom. The Hall–Kier alpha value is -3.72. The maximum Gasteiger partial charge on any atom is 0.220 e. The highest BCUT2D eigenvalue weighted by Crippen LogP contribution is 2.18. The number of aromatic nitrogens is 4. The van der Waals surface area contributed by atoms with Gasteiger partial charge in [-0.05, 0) is 55.6 Å². The van der Waals surface area contributed by atoms with Crippen LogP contribution < -0.4 is 10.6 Å².